The van der Waals surface area contributed by atoms with E-state index in [9.17, 15) is 9.59 Å². The first-order valence-electron chi connectivity index (χ1n) is 8.45. The number of carbonyl (C=O) groups is 1. The first kappa shape index (κ1) is 20.2. The van der Waals surface area contributed by atoms with Gasteiger partial charge in [0.15, 0.2) is 5.66 Å². The zero-order valence-corrected chi connectivity index (χ0v) is 15.9. The van der Waals surface area contributed by atoms with Crippen LogP contribution in [0.4, 0.5) is 0 Å². The molecule has 2 atom stereocenters. The van der Waals surface area contributed by atoms with Gasteiger partial charge in [-0.25, -0.2) is 9.79 Å². The molecule has 0 fully saturated rings. The van der Waals surface area contributed by atoms with Crippen molar-refractivity contribution < 1.29 is 13.9 Å². The SMILES string of the molecule is CCC[C@@H](NC(=O)[C@]1(N)CSC(C(C)=N)=N1)c1cc(OCC)cc(=O)o1. The van der Waals surface area contributed by atoms with Crippen LogP contribution in [0, 0.1) is 5.41 Å². The van der Waals surface area contributed by atoms with Gasteiger partial charge in [-0.05, 0) is 20.3 Å². The second-order valence-electron chi connectivity index (χ2n) is 6.02. The van der Waals surface area contributed by atoms with Gasteiger partial charge in [-0.3, -0.25) is 10.5 Å². The molecule has 0 aromatic carbocycles. The molecule has 1 aromatic rings. The maximum atomic E-state index is 12.7. The fourth-order valence-electron chi connectivity index (χ4n) is 2.48. The van der Waals surface area contributed by atoms with Crippen molar-refractivity contribution in [2.24, 2.45) is 10.7 Å². The third-order valence-corrected chi connectivity index (χ3v) is 5.00. The Labute approximate surface area is 156 Å². The molecule has 8 nitrogen and oxygen atoms in total. The zero-order valence-electron chi connectivity index (χ0n) is 15.1. The summed E-state index contributed by atoms with van der Waals surface area (Å²) in [6.45, 7) is 5.79. The van der Waals surface area contributed by atoms with E-state index >= 15 is 0 Å². The van der Waals surface area contributed by atoms with E-state index < -0.39 is 23.2 Å². The average molecular weight is 380 g/mol. The summed E-state index contributed by atoms with van der Waals surface area (Å²) in [7, 11) is 0. The number of hydrogen-bond acceptors (Lipinski definition) is 8. The molecule has 0 aliphatic carbocycles. The highest BCUT2D eigenvalue weighted by Crippen LogP contribution is 2.27. The van der Waals surface area contributed by atoms with Crippen LogP contribution in [-0.4, -0.2) is 34.7 Å². The Morgan fingerprint density at radius 3 is 2.85 bits per heavy atom. The second kappa shape index (κ2) is 8.50. The molecule has 9 heteroatoms. The van der Waals surface area contributed by atoms with E-state index in [0.29, 0.717) is 29.6 Å². The molecule has 0 radical (unpaired) electrons. The lowest BCUT2D eigenvalue weighted by Crippen LogP contribution is -2.54. The van der Waals surface area contributed by atoms with Gasteiger partial charge in [0, 0.05) is 11.8 Å². The highest BCUT2D eigenvalue weighted by molar-refractivity contribution is 8.16. The predicted molar refractivity (Wildman–Crippen MR) is 102 cm³/mol. The summed E-state index contributed by atoms with van der Waals surface area (Å²) in [6, 6.07) is 2.35. The van der Waals surface area contributed by atoms with Gasteiger partial charge < -0.3 is 19.9 Å². The molecule has 1 aliphatic rings. The van der Waals surface area contributed by atoms with Crippen molar-refractivity contribution in [3.8, 4) is 5.75 Å². The summed E-state index contributed by atoms with van der Waals surface area (Å²) in [6.07, 6.45) is 1.32. The summed E-state index contributed by atoms with van der Waals surface area (Å²) in [4.78, 5) is 28.7. The van der Waals surface area contributed by atoms with Gasteiger partial charge in [-0.1, -0.05) is 13.3 Å². The summed E-state index contributed by atoms with van der Waals surface area (Å²) in [5.74, 6) is 0.501. The van der Waals surface area contributed by atoms with Crippen LogP contribution in [0.2, 0.25) is 0 Å². The molecule has 2 heterocycles. The van der Waals surface area contributed by atoms with Crippen molar-refractivity contribution >= 4 is 28.4 Å². The number of amides is 1. The number of nitrogens with two attached hydrogens (primary N) is 1. The lowest BCUT2D eigenvalue weighted by atomic mass is 10.1. The Kier molecular flexibility index (Phi) is 6.60. The maximum Gasteiger partial charge on any atom is 0.339 e. The largest absolute Gasteiger partial charge is 0.493 e. The molecule has 0 spiro atoms. The number of ether oxygens (including phenoxy) is 1. The molecule has 142 valence electrons. The standard InChI is InChI=1S/C17H24N4O4S/c1-4-6-12(13-7-11(24-5-2)8-14(22)25-13)20-16(23)17(19)9-26-15(21-17)10(3)18/h7-8,12,18H,4-6,9,19H2,1-3H3,(H,20,23)/t12-,17+/m1/s1. The van der Waals surface area contributed by atoms with Gasteiger partial charge >= 0.3 is 5.63 Å². The lowest BCUT2D eigenvalue weighted by molar-refractivity contribution is -0.126. The van der Waals surface area contributed by atoms with Crippen LogP contribution in [-0.2, 0) is 4.79 Å². The molecule has 0 saturated carbocycles. The molecule has 1 aromatic heterocycles. The summed E-state index contributed by atoms with van der Waals surface area (Å²) in [5.41, 5.74) is 4.42. The van der Waals surface area contributed by atoms with E-state index in [-0.39, 0.29) is 11.5 Å². The fourth-order valence-corrected chi connectivity index (χ4v) is 3.48. The third kappa shape index (κ3) is 4.73. The lowest BCUT2D eigenvalue weighted by Gasteiger charge is -2.24. The molecule has 0 saturated heterocycles. The number of hydrogen-bond donors (Lipinski definition) is 3. The average Bonchev–Trinajstić information content (AvgIpc) is 2.98. The van der Waals surface area contributed by atoms with Crippen LogP contribution in [0.1, 0.15) is 45.4 Å². The third-order valence-electron chi connectivity index (χ3n) is 3.74. The van der Waals surface area contributed by atoms with E-state index in [1.54, 1.807) is 13.0 Å². The quantitative estimate of drug-likeness (QED) is 0.590. The van der Waals surface area contributed by atoms with E-state index in [4.69, 9.17) is 20.3 Å². The van der Waals surface area contributed by atoms with Crippen molar-refractivity contribution in [1.82, 2.24) is 5.32 Å². The van der Waals surface area contributed by atoms with E-state index in [1.165, 1.54) is 17.8 Å². The highest BCUT2D eigenvalue weighted by atomic mass is 32.2. The van der Waals surface area contributed by atoms with Crippen molar-refractivity contribution in [3.05, 3.63) is 28.3 Å². The number of nitrogens with one attached hydrogen (secondary N) is 2. The minimum absolute atomic E-state index is 0.256. The van der Waals surface area contributed by atoms with Crippen LogP contribution in [0.25, 0.3) is 0 Å². The van der Waals surface area contributed by atoms with Crippen molar-refractivity contribution in [1.29, 1.82) is 5.41 Å². The van der Waals surface area contributed by atoms with Crippen LogP contribution in [0.3, 0.4) is 0 Å². The van der Waals surface area contributed by atoms with Crippen molar-refractivity contribution in [2.75, 3.05) is 12.4 Å². The maximum absolute atomic E-state index is 12.7. The Balaban J connectivity index is 2.25. The predicted octanol–water partition coefficient (Wildman–Crippen LogP) is 1.84. The number of carbonyl (C=O) groups excluding carboxylic acids is 1. The monoisotopic (exact) mass is 380 g/mol. The summed E-state index contributed by atoms with van der Waals surface area (Å²) >= 11 is 1.28. The Morgan fingerprint density at radius 2 is 2.27 bits per heavy atom. The first-order chi connectivity index (χ1) is 12.3. The Hall–Kier alpha value is -2.13. The van der Waals surface area contributed by atoms with Gasteiger partial charge in [-0.2, -0.15) is 0 Å². The van der Waals surface area contributed by atoms with Crippen LogP contribution in [0.15, 0.2) is 26.3 Å². The van der Waals surface area contributed by atoms with Gasteiger partial charge in [0.05, 0.1) is 24.4 Å². The molecular weight excluding hydrogens is 356 g/mol. The summed E-state index contributed by atoms with van der Waals surface area (Å²) < 4.78 is 10.6. The molecule has 1 aliphatic heterocycles. The molecule has 1 amide bonds. The second-order valence-corrected chi connectivity index (χ2v) is 6.98. The van der Waals surface area contributed by atoms with Crippen LogP contribution >= 0.6 is 11.8 Å². The number of nitrogens with zero attached hydrogens (tertiary/aromatic N) is 1. The highest BCUT2D eigenvalue weighted by Gasteiger charge is 2.40. The summed E-state index contributed by atoms with van der Waals surface area (Å²) in [5, 5.41) is 10.9. The fraction of sp³-hybridized carbons (Fsp3) is 0.529. The van der Waals surface area contributed by atoms with Gasteiger partial charge in [0.2, 0.25) is 0 Å². The van der Waals surface area contributed by atoms with E-state index in [2.05, 4.69) is 10.3 Å². The van der Waals surface area contributed by atoms with Gasteiger partial charge in [0.25, 0.3) is 5.91 Å². The van der Waals surface area contributed by atoms with Gasteiger partial charge in [0.1, 0.15) is 16.6 Å². The topological polar surface area (TPSA) is 131 Å². The number of thioether (sulfide) groups is 1. The smallest absolute Gasteiger partial charge is 0.339 e. The molecular formula is C17H24N4O4S. The van der Waals surface area contributed by atoms with Crippen LogP contribution < -0.4 is 21.4 Å². The van der Waals surface area contributed by atoms with Crippen molar-refractivity contribution in [3.63, 3.8) is 0 Å². The first-order valence-corrected chi connectivity index (χ1v) is 9.43. The minimum atomic E-state index is -1.44. The van der Waals surface area contributed by atoms with Crippen LogP contribution in [0.5, 0.6) is 5.75 Å². The van der Waals surface area contributed by atoms with E-state index in [0.717, 1.165) is 6.42 Å². The molecule has 26 heavy (non-hydrogen) atoms. The Bertz CT molecular complexity index is 776. The molecule has 4 N–H and O–H groups in total. The minimum Gasteiger partial charge on any atom is -0.493 e. The normalized spacial score (nSPS) is 20.4. The Morgan fingerprint density at radius 1 is 1.54 bits per heavy atom. The van der Waals surface area contributed by atoms with Crippen molar-refractivity contribution in [2.45, 2.75) is 45.3 Å². The zero-order chi connectivity index (χ0) is 19.3. The number of aliphatic imine (C=N–C) groups is 1. The molecule has 0 unspecified atom stereocenters. The van der Waals surface area contributed by atoms with E-state index in [1.807, 2.05) is 13.8 Å². The number of rotatable bonds is 8. The molecule has 2 rings (SSSR count). The van der Waals surface area contributed by atoms with Gasteiger partial charge in [-0.15, -0.1) is 11.8 Å². The molecule has 0 bridgehead atoms.